The second-order valence-corrected chi connectivity index (χ2v) is 3.85. The fourth-order valence-corrected chi connectivity index (χ4v) is 2.60. The molecule has 2 saturated heterocycles. The number of nitrogens with one attached hydrogen (secondary N) is 1. The van der Waals surface area contributed by atoms with Crippen molar-refractivity contribution in [3.05, 3.63) is 0 Å². The Balaban J connectivity index is 2.01. The molecule has 58 valence electrons. The van der Waals surface area contributed by atoms with Gasteiger partial charge in [0.1, 0.15) is 0 Å². The van der Waals surface area contributed by atoms with Crippen LogP contribution in [0.15, 0.2) is 0 Å². The van der Waals surface area contributed by atoms with E-state index in [1.165, 1.54) is 32.2 Å². The minimum atomic E-state index is 0.884. The van der Waals surface area contributed by atoms with Gasteiger partial charge in [-0.2, -0.15) is 0 Å². The summed E-state index contributed by atoms with van der Waals surface area (Å²) >= 11 is 0. The van der Waals surface area contributed by atoms with Crippen LogP contribution in [0.25, 0.3) is 0 Å². The lowest BCUT2D eigenvalue weighted by Crippen LogP contribution is -2.48. The molecule has 2 aliphatic heterocycles. The Morgan fingerprint density at radius 1 is 1.40 bits per heavy atom. The van der Waals surface area contributed by atoms with E-state index in [9.17, 15) is 0 Å². The van der Waals surface area contributed by atoms with E-state index >= 15 is 0 Å². The zero-order valence-corrected chi connectivity index (χ0v) is 6.77. The third kappa shape index (κ3) is 0.968. The van der Waals surface area contributed by atoms with Gasteiger partial charge in [-0.05, 0) is 37.6 Å². The van der Waals surface area contributed by atoms with Crippen molar-refractivity contribution in [2.75, 3.05) is 6.54 Å². The SMILES string of the molecule is CCC1C[C@H]2CC[C@@H]1CN2. The summed E-state index contributed by atoms with van der Waals surface area (Å²) in [4.78, 5) is 0. The van der Waals surface area contributed by atoms with Gasteiger partial charge >= 0.3 is 0 Å². The molecule has 3 atom stereocenters. The third-order valence-electron chi connectivity index (χ3n) is 3.33. The average molecular weight is 139 g/mol. The topological polar surface area (TPSA) is 12.0 Å². The standard InChI is InChI=1S/C9H17N/c1-2-7-5-9-4-3-8(7)6-10-9/h7-10H,2-6H2,1H3/t7?,8-,9-/m1/s1. The molecule has 3 fully saturated rings. The lowest BCUT2D eigenvalue weighted by atomic mass is 9.72. The molecule has 2 heterocycles. The summed E-state index contributed by atoms with van der Waals surface area (Å²) in [5.41, 5.74) is 0. The first kappa shape index (κ1) is 6.66. The normalized spacial score (nSPS) is 45.9. The maximum Gasteiger partial charge on any atom is 0.00700 e. The lowest BCUT2D eigenvalue weighted by Gasteiger charge is -2.42. The Labute approximate surface area is 63.2 Å². The first-order chi connectivity index (χ1) is 4.90. The number of rotatable bonds is 1. The van der Waals surface area contributed by atoms with Crippen LogP contribution in [-0.2, 0) is 0 Å². The van der Waals surface area contributed by atoms with Gasteiger partial charge in [0.15, 0.2) is 0 Å². The van der Waals surface area contributed by atoms with Crippen molar-refractivity contribution in [3.8, 4) is 0 Å². The van der Waals surface area contributed by atoms with Gasteiger partial charge in [-0.3, -0.25) is 0 Å². The van der Waals surface area contributed by atoms with Crippen LogP contribution in [0.1, 0.15) is 32.6 Å². The third-order valence-corrected chi connectivity index (χ3v) is 3.33. The first-order valence-electron chi connectivity index (χ1n) is 4.63. The van der Waals surface area contributed by atoms with Gasteiger partial charge in [-0.15, -0.1) is 0 Å². The number of fused-ring (bicyclic) bond motifs is 3. The summed E-state index contributed by atoms with van der Waals surface area (Å²) in [7, 11) is 0. The van der Waals surface area contributed by atoms with Crippen LogP contribution in [0.4, 0.5) is 0 Å². The molecule has 1 saturated carbocycles. The summed E-state index contributed by atoms with van der Waals surface area (Å²) in [6, 6.07) is 0.884. The highest BCUT2D eigenvalue weighted by molar-refractivity contribution is 4.89. The van der Waals surface area contributed by atoms with Crippen molar-refractivity contribution in [2.24, 2.45) is 11.8 Å². The highest BCUT2D eigenvalue weighted by Gasteiger charge is 2.33. The van der Waals surface area contributed by atoms with E-state index < -0.39 is 0 Å². The number of hydrogen-bond donors (Lipinski definition) is 1. The molecule has 1 unspecified atom stereocenters. The second-order valence-electron chi connectivity index (χ2n) is 3.85. The fourth-order valence-electron chi connectivity index (χ4n) is 2.60. The summed E-state index contributed by atoms with van der Waals surface area (Å²) in [5, 5.41) is 3.58. The quantitative estimate of drug-likeness (QED) is 0.584. The molecule has 1 aliphatic carbocycles. The Morgan fingerprint density at radius 2 is 2.30 bits per heavy atom. The van der Waals surface area contributed by atoms with Crippen LogP contribution >= 0.6 is 0 Å². The summed E-state index contributed by atoms with van der Waals surface area (Å²) in [5.74, 6) is 2.08. The van der Waals surface area contributed by atoms with Crippen LogP contribution in [0.2, 0.25) is 0 Å². The first-order valence-corrected chi connectivity index (χ1v) is 4.63. The highest BCUT2D eigenvalue weighted by Crippen LogP contribution is 2.35. The molecule has 1 heteroatoms. The zero-order chi connectivity index (χ0) is 6.97. The van der Waals surface area contributed by atoms with Gasteiger partial charge < -0.3 is 5.32 Å². The predicted molar refractivity (Wildman–Crippen MR) is 42.9 cm³/mol. The van der Waals surface area contributed by atoms with Gasteiger partial charge in [0, 0.05) is 6.04 Å². The van der Waals surface area contributed by atoms with E-state index in [0.29, 0.717) is 0 Å². The van der Waals surface area contributed by atoms with Crippen LogP contribution in [-0.4, -0.2) is 12.6 Å². The molecule has 3 rings (SSSR count). The van der Waals surface area contributed by atoms with Crippen molar-refractivity contribution in [1.82, 2.24) is 5.32 Å². The van der Waals surface area contributed by atoms with Crippen molar-refractivity contribution >= 4 is 0 Å². The molecule has 0 radical (unpaired) electrons. The van der Waals surface area contributed by atoms with E-state index in [1.54, 1.807) is 0 Å². The molecule has 2 bridgehead atoms. The minimum absolute atomic E-state index is 0.884. The Hall–Kier alpha value is -0.0400. The van der Waals surface area contributed by atoms with Gasteiger partial charge in [-0.25, -0.2) is 0 Å². The fraction of sp³-hybridized carbons (Fsp3) is 1.00. The van der Waals surface area contributed by atoms with Crippen LogP contribution in [0.5, 0.6) is 0 Å². The van der Waals surface area contributed by atoms with Crippen LogP contribution in [0, 0.1) is 11.8 Å². The van der Waals surface area contributed by atoms with Crippen molar-refractivity contribution in [2.45, 2.75) is 38.6 Å². The highest BCUT2D eigenvalue weighted by atomic mass is 14.9. The summed E-state index contributed by atoms with van der Waals surface area (Å²) < 4.78 is 0. The minimum Gasteiger partial charge on any atom is -0.314 e. The van der Waals surface area contributed by atoms with E-state index in [2.05, 4.69) is 12.2 Å². The monoisotopic (exact) mass is 139 g/mol. The van der Waals surface area contributed by atoms with Crippen molar-refractivity contribution in [3.63, 3.8) is 0 Å². The molecule has 3 aliphatic rings. The molecule has 0 aromatic rings. The zero-order valence-electron chi connectivity index (χ0n) is 6.77. The number of piperidine rings is 2. The maximum absolute atomic E-state index is 3.58. The molecule has 10 heavy (non-hydrogen) atoms. The number of hydrogen-bond acceptors (Lipinski definition) is 1. The Kier molecular flexibility index (Phi) is 1.69. The van der Waals surface area contributed by atoms with E-state index in [-0.39, 0.29) is 0 Å². The molecular weight excluding hydrogens is 122 g/mol. The predicted octanol–water partition coefficient (Wildman–Crippen LogP) is 1.78. The van der Waals surface area contributed by atoms with Crippen molar-refractivity contribution < 1.29 is 0 Å². The molecule has 0 amide bonds. The van der Waals surface area contributed by atoms with Gasteiger partial charge in [0.05, 0.1) is 0 Å². The van der Waals surface area contributed by atoms with E-state index in [0.717, 1.165) is 17.9 Å². The van der Waals surface area contributed by atoms with Crippen LogP contribution in [0.3, 0.4) is 0 Å². The second kappa shape index (κ2) is 2.54. The summed E-state index contributed by atoms with van der Waals surface area (Å²) in [6.45, 7) is 3.65. The largest absolute Gasteiger partial charge is 0.314 e. The maximum atomic E-state index is 3.58. The average Bonchev–Trinajstić information content (AvgIpc) is 2.06. The van der Waals surface area contributed by atoms with E-state index in [1.807, 2.05) is 0 Å². The Bertz CT molecular complexity index is 114. The van der Waals surface area contributed by atoms with Crippen molar-refractivity contribution in [1.29, 1.82) is 0 Å². The van der Waals surface area contributed by atoms with Gasteiger partial charge in [0.2, 0.25) is 0 Å². The molecule has 0 spiro atoms. The van der Waals surface area contributed by atoms with Crippen LogP contribution < -0.4 is 5.32 Å². The van der Waals surface area contributed by atoms with Gasteiger partial charge in [0.25, 0.3) is 0 Å². The van der Waals surface area contributed by atoms with E-state index in [4.69, 9.17) is 0 Å². The molecular formula is C9H17N. The molecule has 1 N–H and O–H groups in total. The smallest absolute Gasteiger partial charge is 0.00700 e. The lowest BCUT2D eigenvalue weighted by molar-refractivity contribution is 0.129. The summed E-state index contributed by atoms with van der Waals surface area (Å²) in [6.07, 6.45) is 5.81. The molecule has 1 nitrogen and oxygen atoms in total. The Morgan fingerprint density at radius 3 is 2.60 bits per heavy atom. The molecule has 0 aromatic heterocycles. The molecule has 0 aromatic carbocycles. The van der Waals surface area contributed by atoms with Gasteiger partial charge in [-0.1, -0.05) is 13.3 Å².